The second kappa shape index (κ2) is 6.92. The van der Waals surface area contributed by atoms with Gasteiger partial charge >= 0.3 is 0 Å². The van der Waals surface area contributed by atoms with E-state index in [-0.39, 0.29) is 18.0 Å². The van der Waals surface area contributed by atoms with Crippen molar-refractivity contribution in [2.45, 2.75) is 32.4 Å². The Kier molecular flexibility index (Phi) is 4.46. The number of aromatic nitrogens is 2. The molecule has 0 aliphatic heterocycles. The van der Waals surface area contributed by atoms with E-state index in [9.17, 15) is 9.59 Å². The molecule has 0 radical (unpaired) electrons. The molecule has 26 heavy (non-hydrogen) atoms. The predicted molar refractivity (Wildman–Crippen MR) is 101 cm³/mol. The number of benzene rings is 1. The van der Waals surface area contributed by atoms with Crippen molar-refractivity contribution in [3.8, 4) is 5.75 Å². The molecule has 0 spiro atoms. The quantitative estimate of drug-likeness (QED) is 0.749. The van der Waals surface area contributed by atoms with Crippen LogP contribution >= 0.6 is 11.3 Å². The number of carbonyl (C=O) groups excluding carboxylic acids is 1. The maximum absolute atomic E-state index is 12.8. The van der Waals surface area contributed by atoms with Gasteiger partial charge in [0.25, 0.3) is 5.56 Å². The molecule has 0 saturated carbocycles. The first-order valence-corrected chi connectivity index (χ1v) is 9.36. The van der Waals surface area contributed by atoms with Crippen molar-refractivity contribution in [1.29, 1.82) is 0 Å². The molecule has 1 aliphatic rings. The Labute approximate surface area is 154 Å². The van der Waals surface area contributed by atoms with E-state index >= 15 is 0 Å². The number of rotatable bonds is 5. The van der Waals surface area contributed by atoms with Gasteiger partial charge in [-0.1, -0.05) is 12.1 Å². The molecule has 0 bridgehead atoms. The van der Waals surface area contributed by atoms with E-state index in [1.54, 1.807) is 18.4 Å². The third-order valence-electron chi connectivity index (χ3n) is 4.63. The summed E-state index contributed by atoms with van der Waals surface area (Å²) in [5.74, 6) is 0.525. The summed E-state index contributed by atoms with van der Waals surface area (Å²) in [6.07, 6.45) is 4.52. The first kappa shape index (κ1) is 16.8. The first-order valence-electron chi connectivity index (χ1n) is 8.55. The summed E-state index contributed by atoms with van der Waals surface area (Å²) in [5.41, 5.74) is 1.95. The summed E-state index contributed by atoms with van der Waals surface area (Å²) in [7, 11) is 1.61. The van der Waals surface area contributed by atoms with E-state index in [1.807, 2.05) is 24.3 Å². The second-order valence-electron chi connectivity index (χ2n) is 6.34. The van der Waals surface area contributed by atoms with Crippen LogP contribution in [0.25, 0.3) is 10.2 Å². The molecule has 1 aromatic carbocycles. The zero-order valence-electron chi connectivity index (χ0n) is 14.4. The molecule has 0 atom stereocenters. The van der Waals surface area contributed by atoms with Gasteiger partial charge in [0.1, 0.15) is 17.1 Å². The van der Waals surface area contributed by atoms with Gasteiger partial charge in [0, 0.05) is 11.4 Å². The molecule has 2 heterocycles. The Bertz CT molecular complexity index is 1040. The molecule has 0 fully saturated rings. The Hall–Kier alpha value is -2.67. The lowest BCUT2D eigenvalue weighted by atomic mass is 10.2. The van der Waals surface area contributed by atoms with E-state index in [2.05, 4.69) is 10.3 Å². The van der Waals surface area contributed by atoms with Gasteiger partial charge in [-0.05, 0) is 42.5 Å². The Morgan fingerprint density at radius 2 is 2.27 bits per heavy atom. The number of nitrogens with one attached hydrogen (secondary N) is 1. The van der Waals surface area contributed by atoms with Crippen LogP contribution in [-0.2, 0) is 30.7 Å². The van der Waals surface area contributed by atoms with E-state index in [1.165, 1.54) is 15.8 Å². The Morgan fingerprint density at radius 3 is 3.12 bits per heavy atom. The van der Waals surface area contributed by atoms with Crippen molar-refractivity contribution >= 4 is 27.5 Å². The fraction of sp³-hybridized carbons (Fsp3) is 0.316. The van der Waals surface area contributed by atoms with Crippen LogP contribution in [0.1, 0.15) is 22.4 Å². The molecule has 1 aliphatic carbocycles. The number of hydrogen-bond donors (Lipinski definition) is 1. The minimum Gasteiger partial charge on any atom is -0.497 e. The lowest BCUT2D eigenvalue weighted by molar-refractivity contribution is -0.121. The lowest BCUT2D eigenvalue weighted by Gasteiger charge is -2.08. The summed E-state index contributed by atoms with van der Waals surface area (Å²) in [5, 5.41) is 3.54. The van der Waals surface area contributed by atoms with Gasteiger partial charge in [-0.15, -0.1) is 11.3 Å². The minimum absolute atomic E-state index is 0.0314. The van der Waals surface area contributed by atoms with Crippen molar-refractivity contribution in [3.05, 3.63) is 57.0 Å². The van der Waals surface area contributed by atoms with Crippen LogP contribution in [0.15, 0.2) is 35.4 Å². The summed E-state index contributed by atoms with van der Waals surface area (Å²) in [4.78, 5) is 31.5. The number of fused-ring (bicyclic) bond motifs is 3. The standard InChI is InChI=1S/C19H19N3O3S/c1-25-13-5-2-4-12(8-13)9-20-16(23)10-22-11-21-18-17(19(22)24)14-6-3-7-15(14)26-18/h2,4-5,8,11H,3,6-7,9-10H2,1H3,(H,20,23). The van der Waals surface area contributed by atoms with Gasteiger partial charge < -0.3 is 10.1 Å². The molecule has 6 nitrogen and oxygen atoms in total. The van der Waals surface area contributed by atoms with Crippen LogP contribution in [0.5, 0.6) is 5.75 Å². The number of thiophene rings is 1. The van der Waals surface area contributed by atoms with Crippen LogP contribution in [0.2, 0.25) is 0 Å². The van der Waals surface area contributed by atoms with E-state index < -0.39 is 0 Å². The maximum Gasteiger partial charge on any atom is 0.262 e. The fourth-order valence-corrected chi connectivity index (χ4v) is 4.55. The SMILES string of the molecule is COc1cccc(CNC(=O)Cn2cnc3sc4c(c3c2=O)CCC4)c1. The van der Waals surface area contributed by atoms with Gasteiger partial charge in [0.15, 0.2) is 0 Å². The normalized spacial score (nSPS) is 13.0. The number of aryl methyl sites for hydroxylation is 2. The third kappa shape index (κ3) is 3.10. The summed E-state index contributed by atoms with van der Waals surface area (Å²) in [6.45, 7) is 0.352. The van der Waals surface area contributed by atoms with Crippen LogP contribution in [-0.4, -0.2) is 22.6 Å². The number of amides is 1. The van der Waals surface area contributed by atoms with Crippen molar-refractivity contribution in [1.82, 2.24) is 14.9 Å². The average Bonchev–Trinajstić information content (AvgIpc) is 3.23. The van der Waals surface area contributed by atoms with E-state index in [0.29, 0.717) is 11.9 Å². The molecule has 134 valence electrons. The van der Waals surface area contributed by atoms with Crippen LogP contribution < -0.4 is 15.6 Å². The highest BCUT2D eigenvalue weighted by Crippen LogP contribution is 2.34. The number of hydrogen-bond acceptors (Lipinski definition) is 5. The smallest absolute Gasteiger partial charge is 0.262 e. The number of ether oxygens (including phenoxy) is 1. The molecule has 1 amide bonds. The fourth-order valence-electron chi connectivity index (χ4n) is 3.33. The number of nitrogens with zero attached hydrogens (tertiary/aromatic N) is 2. The van der Waals surface area contributed by atoms with Gasteiger partial charge in [0.2, 0.25) is 5.91 Å². The monoisotopic (exact) mass is 369 g/mol. The zero-order valence-corrected chi connectivity index (χ0v) is 15.3. The van der Waals surface area contributed by atoms with Crippen LogP contribution in [0.4, 0.5) is 0 Å². The largest absolute Gasteiger partial charge is 0.497 e. The second-order valence-corrected chi connectivity index (χ2v) is 7.43. The first-order chi connectivity index (χ1) is 12.7. The summed E-state index contributed by atoms with van der Waals surface area (Å²) < 4.78 is 6.57. The van der Waals surface area contributed by atoms with Crippen molar-refractivity contribution < 1.29 is 9.53 Å². The molecule has 3 aromatic rings. The van der Waals surface area contributed by atoms with Crippen molar-refractivity contribution in [2.24, 2.45) is 0 Å². The van der Waals surface area contributed by atoms with Crippen molar-refractivity contribution in [3.63, 3.8) is 0 Å². The van der Waals surface area contributed by atoms with Gasteiger partial charge in [-0.3, -0.25) is 14.2 Å². The zero-order chi connectivity index (χ0) is 18.1. The molecule has 2 aromatic heterocycles. The van der Waals surface area contributed by atoms with E-state index in [0.717, 1.165) is 41.0 Å². The van der Waals surface area contributed by atoms with E-state index in [4.69, 9.17) is 4.74 Å². The topological polar surface area (TPSA) is 73.2 Å². The Morgan fingerprint density at radius 1 is 1.38 bits per heavy atom. The van der Waals surface area contributed by atoms with Crippen LogP contribution in [0, 0.1) is 0 Å². The lowest BCUT2D eigenvalue weighted by Crippen LogP contribution is -2.32. The minimum atomic E-state index is -0.219. The van der Waals surface area contributed by atoms with Crippen LogP contribution in [0.3, 0.4) is 0 Å². The molecule has 4 rings (SSSR count). The summed E-state index contributed by atoms with van der Waals surface area (Å²) in [6, 6.07) is 7.51. The highest BCUT2D eigenvalue weighted by Gasteiger charge is 2.21. The third-order valence-corrected chi connectivity index (χ3v) is 5.83. The average molecular weight is 369 g/mol. The molecule has 7 heteroatoms. The highest BCUT2D eigenvalue weighted by atomic mass is 32.1. The number of methoxy groups -OCH3 is 1. The summed E-state index contributed by atoms with van der Waals surface area (Å²) >= 11 is 1.60. The van der Waals surface area contributed by atoms with Gasteiger partial charge in [0.05, 0.1) is 18.8 Å². The van der Waals surface area contributed by atoms with Crippen molar-refractivity contribution in [2.75, 3.05) is 7.11 Å². The maximum atomic E-state index is 12.8. The molecule has 0 saturated heterocycles. The number of carbonyl (C=O) groups is 1. The molecule has 0 unspecified atom stereocenters. The van der Waals surface area contributed by atoms with Gasteiger partial charge in [-0.25, -0.2) is 4.98 Å². The predicted octanol–water partition coefficient (Wildman–Crippen LogP) is 2.27. The molecule has 1 N–H and O–H groups in total. The van der Waals surface area contributed by atoms with Gasteiger partial charge in [-0.2, -0.15) is 0 Å². The Balaban J connectivity index is 1.49. The highest BCUT2D eigenvalue weighted by molar-refractivity contribution is 7.18. The molecular weight excluding hydrogens is 350 g/mol. The molecular formula is C19H19N3O3S.